The number of hydrogen-bond acceptors (Lipinski definition) is 7. The molecule has 158 valence electrons. The first-order valence-corrected chi connectivity index (χ1v) is 9.99. The van der Waals surface area contributed by atoms with E-state index in [4.69, 9.17) is 14.2 Å². The van der Waals surface area contributed by atoms with Gasteiger partial charge in [-0.15, -0.1) is 10.2 Å². The molecule has 1 aromatic heterocycles. The predicted molar refractivity (Wildman–Crippen MR) is 116 cm³/mol. The van der Waals surface area contributed by atoms with Crippen molar-refractivity contribution in [2.24, 2.45) is 0 Å². The Morgan fingerprint density at radius 2 is 1.68 bits per heavy atom. The quantitative estimate of drug-likeness (QED) is 0.669. The normalized spacial score (nSPS) is 14.9. The van der Waals surface area contributed by atoms with Gasteiger partial charge in [0, 0.05) is 36.1 Å². The van der Waals surface area contributed by atoms with Crippen molar-refractivity contribution >= 4 is 23.2 Å². The topological polar surface area (TPSA) is 97.8 Å². The second-order valence-corrected chi connectivity index (χ2v) is 7.10. The average Bonchev–Trinajstić information content (AvgIpc) is 3.28. The smallest absolute Gasteiger partial charge is 0.323 e. The lowest BCUT2D eigenvalue weighted by Crippen LogP contribution is -2.36. The predicted octanol–water partition coefficient (Wildman–Crippen LogP) is 3.35. The van der Waals surface area contributed by atoms with Gasteiger partial charge in [0.2, 0.25) is 6.79 Å². The number of benzene rings is 2. The zero-order chi connectivity index (χ0) is 21.0. The van der Waals surface area contributed by atoms with Crippen LogP contribution >= 0.6 is 0 Å². The highest BCUT2D eigenvalue weighted by Gasteiger charge is 2.15. The van der Waals surface area contributed by atoms with Crippen molar-refractivity contribution in [2.45, 2.75) is 0 Å². The summed E-state index contributed by atoms with van der Waals surface area (Å²) < 4.78 is 16.0. The molecule has 5 rings (SSSR count). The van der Waals surface area contributed by atoms with Crippen molar-refractivity contribution < 1.29 is 19.0 Å². The molecule has 0 radical (unpaired) electrons. The van der Waals surface area contributed by atoms with Gasteiger partial charge < -0.3 is 29.7 Å². The van der Waals surface area contributed by atoms with Crippen LogP contribution in [0.1, 0.15) is 0 Å². The molecular formula is C22H21N5O4. The van der Waals surface area contributed by atoms with Crippen LogP contribution in [0.5, 0.6) is 11.5 Å². The standard InChI is InChI=1S/C22H21N5O4/c28-22(24-17-4-6-19-20(13-17)31-14-30-19)23-16-3-1-2-15(12-16)18-5-7-21(26-25-18)27-8-10-29-11-9-27/h1-7,12-13H,8-11,14H2,(H2,23,24,28). The van der Waals surface area contributed by atoms with Crippen molar-refractivity contribution in [1.82, 2.24) is 10.2 Å². The maximum atomic E-state index is 12.4. The SMILES string of the molecule is O=C(Nc1cccc(-c2ccc(N3CCOCC3)nn2)c1)Nc1ccc2c(c1)OCO2. The molecule has 3 aromatic rings. The molecule has 31 heavy (non-hydrogen) atoms. The monoisotopic (exact) mass is 419 g/mol. The lowest BCUT2D eigenvalue weighted by atomic mass is 10.1. The highest BCUT2D eigenvalue weighted by molar-refractivity contribution is 6.00. The molecule has 1 fully saturated rings. The van der Waals surface area contributed by atoms with Crippen LogP contribution < -0.4 is 25.0 Å². The molecule has 0 aliphatic carbocycles. The van der Waals surface area contributed by atoms with Gasteiger partial charge in [-0.3, -0.25) is 0 Å². The largest absolute Gasteiger partial charge is 0.454 e. The Bertz CT molecular complexity index is 1080. The Kier molecular flexibility index (Phi) is 5.24. The average molecular weight is 419 g/mol. The van der Waals surface area contributed by atoms with Gasteiger partial charge in [0.1, 0.15) is 0 Å². The summed E-state index contributed by atoms with van der Waals surface area (Å²) in [6.07, 6.45) is 0. The summed E-state index contributed by atoms with van der Waals surface area (Å²) >= 11 is 0. The van der Waals surface area contributed by atoms with Crippen LogP contribution in [0.4, 0.5) is 22.0 Å². The fourth-order valence-corrected chi connectivity index (χ4v) is 3.46. The van der Waals surface area contributed by atoms with Gasteiger partial charge >= 0.3 is 6.03 Å². The van der Waals surface area contributed by atoms with E-state index in [1.807, 2.05) is 36.4 Å². The van der Waals surface area contributed by atoms with Crippen molar-refractivity contribution in [3.05, 3.63) is 54.6 Å². The van der Waals surface area contributed by atoms with Crippen LogP contribution in [0, 0.1) is 0 Å². The summed E-state index contributed by atoms with van der Waals surface area (Å²) in [5.74, 6) is 2.11. The molecule has 9 heteroatoms. The molecule has 9 nitrogen and oxygen atoms in total. The van der Waals surface area contributed by atoms with E-state index >= 15 is 0 Å². The second kappa shape index (κ2) is 8.49. The number of fused-ring (bicyclic) bond motifs is 1. The molecule has 3 heterocycles. The molecule has 1 saturated heterocycles. The Labute approximate surface area is 178 Å². The lowest BCUT2D eigenvalue weighted by molar-refractivity contribution is 0.122. The lowest BCUT2D eigenvalue weighted by Gasteiger charge is -2.27. The van der Waals surface area contributed by atoms with Crippen molar-refractivity contribution in [3.63, 3.8) is 0 Å². The van der Waals surface area contributed by atoms with Gasteiger partial charge in [0.15, 0.2) is 17.3 Å². The molecule has 2 N–H and O–H groups in total. The number of rotatable bonds is 4. The van der Waals surface area contributed by atoms with Crippen LogP contribution in [0.3, 0.4) is 0 Å². The number of morpholine rings is 1. The number of aromatic nitrogens is 2. The Morgan fingerprint density at radius 3 is 2.48 bits per heavy atom. The molecule has 0 atom stereocenters. The molecule has 0 bridgehead atoms. The fraction of sp³-hybridized carbons (Fsp3) is 0.227. The minimum absolute atomic E-state index is 0.189. The number of amides is 2. The van der Waals surface area contributed by atoms with Gasteiger partial charge in [0.05, 0.1) is 18.9 Å². The van der Waals surface area contributed by atoms with E-state index in [2.05, 4.69) is 25.7 Å². The summed E-state index contributed by atoms with van der Waals surface area (Å²) in [6, 6.07) is 16.3. The van der Waals surface area contributed by atoms with E-state index in [9.17, 15) is 4.79 Å². The van der Waals surface area contributed by atoms with Gasteiger partial charge in [-0.25, -0.2) is 4.79 Å². The fourth-order valence-electron chi connectivity index (χ4n) is 3.46. The van der Waals surface area contributed by atoms with Crippen molar-refractivity contribution in [1.29, 1.82) is 0 Å². The summed E-state index contributed by atoms with van der Waals surface area (Å²) in [5.41, 5.74) is 2.86. The molecule has 0 unspecified atom stereocenters. The van der Waals surface area contributed by atoms with Gasteiger partial charge in [-0.1, -0.05) is 12.1 Å². The Morgan fingerprint density at radius 1 is 0.871 bits per heavy atom. The van der Waals surface area contributed by atoms with Crippen LogP contribution in [-0.2, 0) is 4.74 Å². The molecule has 0 saturated carbocycles. The van der Waals surface area contributed by atoms with Gasteiger partial charge in [-0.2, -0.15) is 0 Å². The van der Waals surface area contributed by atoms with Crippen LogP contribution in [-0.4, -0.2) is 49.3 Å². The van der Waals surface area contributed by atoms with Gasteiger partial charge in [-0.05, 0) is 36.4 Å². The number of carbonyl (C=O) groups excluding carboxylic acids is 1. The number of ether oxygens (including phenoxy) is 3. The van der Waals surface area contributed by atoms with Crippen LogP contribution in [0.25, 0.3) is 11.3 Å². The number of hydrogen-bond donors (Lipinski definition) is 2. The van der Waals surface area contributed by atoms with Crippen LogP contribution in [0.15, 0.2) is 54.6 Å². The number of nitrogens with one attached hydrogen (secondary N) is 2. The molecule has 2 aliphatic heterocycles. The first kappa shape index (κ1) is 19.1. The highest BCUT2D eigenvalue weighted by Crippen LogP contribution is 2.34. The summed E-state index contributed by atoms with van der Waals surface area (Å²) in [7, 11) is 0. The Hall–Kier alpha value is -3.85. The van der Waals surface area contributed by atoms with E-state index < -0.39 is 0 Å². The minimum Gasteiger partial charge on any atom is -0.454 e. The Balaban J connectivity index is 1.25. The number of nitrogens with zero attached hydrogens (tertiary/aromatic N) is 3. The van der Waals surface area contributed by atoms with E-state index in [0.717, 1.165) is 30.2 Å². The van der Waals surface area contributed by atoms with E-state index in [0.29, 0.717) is 36.1 Å². The second-order valence-electron chi connectivity index (χ2n) is 7.10. The van der Waals surface area contributed by atoms with E-state index in [1.54, 1.807) is 18.2 Å². The van der Waals surface area contributed by atoms with E-state index in [1.165, 1.54) is 0 Å². The first-order chi connectivity index (χ1) is 15.2. The number of carbonyl (C=O) groups is 1. The third-order valence-corrected chi connectivity index (χ3v) is 5.03. The van der Waals surface area contributed by atoms with Crippen molar-refractivity contribution in [2.75, 3.05) is 48.6 Å². The number of anilines is 3. The maximum absolute atomic E-state index is 12.4. The summed E-state index contributed by atoms with van der Waals surface area (Å²) in [4.78, 5) is 14.6. The molecular weight excluding hydrogens is 398 g/mol. The minimum atomic E-state index is -0.357. The zero-order valence-electron chi connectivity index (χ0n) is 16.7. The van der Waals surface area contributed by atoms with Crippen molar-refractivity contribution in [3.8, 4) is 22.8 Å². The third-order valence-electron chi connectivity index (χ3n) is 5.03. The highest BCUT2D eigenvalue weighted by atomic mass is 16.7. The van der Waals surface area contributed by atoms with E-state index in [-0.39, 0.29) is 12.8 Å². The molecule has 0 spiro atoms. The zero-order valence-corrected chi connectivity index (χ0v) is 16.7. The summed E-state index contributed by atoms with van der Waals surface area (Å²) in [6.45, 7) is 3.21. The number of urea groups is 1. The molecule has 2 aliphatic rings. The van der Waals surface area contributed by atoms with Gasteiger partial charge in [0.25, 0.3) is 0 Å². The summed E-state index contributed by atoms with van der Waals surface area (Å²) in [5, 5.41) is 14.3. The third kappa shape index (κ3) is 4.36. The maximum Gasteiger partial charge on any atom is 0.323 e. The molecule has 2 amide bonds. The molecule has 2 aromatic carbocycles. The van der Waals surface area contributed by atoms with Crippen LogP contribution in [0.2, 0.25) is 0 Å². The first-order valence-electron chi connectivity index (χ1n) is 9.99.